The summed E-state index contributed by atoms with van der Waals surface area (Å²) in [5.74, 6) is 1.13. The van der Waals surface area contributed by atoms with Crippen LogP contribution in [0.1, 0.15) is 6.42 Å². The van der Waals surface area contributed by atoms with Crippen molar-refractivity contribution in [3.8, 4) is 11.3 Å². The van der Waals surface area contributed by atoms with E-state index < -0.39 is 0 Å². The Kier molecular flexibility index (Phi) is 3.50. The van der Waals surface area contributed by atoms with Gasteiger partial charge < -0.3 is 9.80 Å². The van der Waals surface area contributed by atoms with Gasteiger partial charge >= 0.3 is 0 Å². The average Bonchev–Trinajstić information content (AvgIpc) is 3.24. The van der Waals surface area contributed by atoms with E-state index in [1.54, 1.807) is 0 Å². The molecule has 0 spiro atoms. The lowest BCUT2D eigenvalue weighted by Gasteiger charge is -2.22. The smallest absolute Gasteiger partial charge is 0.157 e. The molecule has 3 aromatic rings. The molecule has 1 aliphatic heterocycles. The van der Waals surface area contributed by atoms with Gasteiger partial charge in [0.15, 0.2) is 5.65 Å². The van der Waals surface area contributed by atoms with Crippen LogP contribution in [-0.4, -0.2) is 52.7 Å². The number of rotatable bonds is 3. The molecule has 5 heteroatoms. The standard InChI is InChI=1S/C18H21N5/c1-21(2)15-9-11-22(13-15)18-12-16(14-6-4-3-5-7-14)20-17-8-10-19-23(17)18/h3-8,10,12,15H,9,11,13H2,1-2H3/t15-/m1/s1. The molecule has 0 N–H and O–H groups in total. The van der Waals surface area contributed by atoms with Crippen LogP contribution in [0.5, 0.6) is 0 Å². The summed E-state index contributed by atoms with van der Waals surface area (Å²) in [6.45, 7) is 2.08. The van der Waals surface area contributed by atoms with Crippen molar-refractivity contribution in [1.29, 1.82) is 0 Å². The van der Waals surface area contributed by atoms with Crippen LogP contribution in [0.25, 0.3) is 16.9 Å². The van der Waals surface area contributed by atoms with E-state index >= 15 is 0 Å². The van der Waals surface area contributed by atoms with Gasteiger partial charge in [-0.15, -0.1) is 0 Å². The lowest BCUT2D eigenvalue weighted by molar-refractivity contribution is 0.315. The molecule has 0 saturated carbocycles. The summed E-state index contributed by atoms with van der Waals surface area (Å²) in [5.41, 5.74) is 3.04. The normalized spacial score (nSPS) is 18.2. The first kappa shape index (κ1) is 14.2. The van der Waals surface area contributed by atoms with E-state index in [1.807, 2.05) is 22.8 Å². The zero-order chi connectivity index (χ0) is 15.8. The van der Waals surface area contributed by atoms with Crippen molar-refractivity contribution in [3.63, 3.8) is 0 Å². The second-order valence-electron chi connectivity index (χ2n) is 6.32. The fourth-order valence-electron chi connectivity index (χ4n) is 3.25. The first-order valence-electron chi connectivity index (χ1n) is 8.04. The molecule has 0 radical (unpaired) electrons. The van der Waals surface area contributed by atoms with Gasteiger partial charge in [-0.05, 0) is 20.5 Å². The zero-order valence-electron chi connectivity index (χ0n) is 13.6. The van der Waals surface area contributed by atoms with Gasteiger partial charge in [0.2, 0.25) is 0 Å². The van der Waals surface area contributed by atoms with Crippen LogP contribution >= 0.6 is 0 Å². The van der Waals surface area contributed by atoms with E-state index in [1.165, 1.54) is 6.42 Å². The van der Waals surface area contributed by atoms with E-state index in [2.05, 4.69) is 59.3 Å². The molecule has 118 valence electrons. The maximum Gasteiger partial charge on any atom is 0.157 e. The highest BCUT2D eigenvalue weighted by Crippen LogP contribution is 2.27. The summed E-state index contributed by atoms with van der Waals surface area (Å²) >= 11 is 0. The van der Waals surface area contributed by atoms with E-state index in [0.717, 1.165) is 35.8 Å². The van der Waals surface area contributed by atoms with Crippen LogP contribution in [0.4, 0.5) is 5.82 Å². The van der Waals surface area contributed by atoms with Crippen LogP contribution in [-0.2, 0) is 0 Å². The third-order valence-corrected chi connectivity index (χ3v) is 4.63. The minimum atomic E-state index is 0.592. The molecule has 1 aliphatic rings. The molecule has 1 saturated heterocycles. The van der Waals surface area contributed by atoms with Crippen molar-refractivity contribution in [2.75, 3.05) is 32.1 Å². The van der Waals surface area contributed by atoms with E-state index in [0.29, 0.717) is 6.04 Å². The molecule has 1 fully saturated rings. The quantitative estimate of drug-likeness (QED) is 0.745. The number of benzene rings is 1. The Bertz CT molecular complexity index is 809. The number of hydrogen-bond donors (Lipinski definition) is 0. The number of likely N-dealkylation sites (N-methyl/N-ethyl adjacent to an activating group) is 1. The van der Waals surface area contributed by atoms with E-state index in [-0.39, 0.29) is 0 Å². The van der Waals surface area contributed by atoms with Gasteiger partial charge in [-0.2, -0.15) is 9.61 Å². The second-order valence-corrected chi connectivity index (χ2v) is 6.32. The average molecular weight is 307 g/mol. The van der Waals surface area contributed by atoms with Crippen LogP contribution in [0.3, 0.4) is 0 Å². The Morgan fingerprint density at radius 2 is 1.96 bits per heavy atom. The second kappa shape index (κ2) is 5.66. The van der Waals surface area contributed by atoms with E-state index in [4.69, 9.17) is 4.98 Å². The fourth-order valence-corrected chi connectivity index (χ4v) is 3.25. The minimum absolute atomic E-state index is 0.592. The summed E-state index contributed by atoms with van der Waals surface area (Å²) in [4.78, 5) is 9.48. The van der Waals surface area contributed by atoms with Crippen LogP contribution < -0.4 is 4.90 Å². The first-order valence-corrected chi connectivity index (χ1v) is 8.04. The number of anilines is 1. The number of hydrogen-bond acceptors (Lipinski definition) is 4. The van der Waals surface area contributed by atoms with Gasteiger partial charge in [0, 0.05) is 36.8 Å². The molecular weight excluding hydrogens is 286 g/mol. The van der Waals surface area contributed by atoms with Crippen LogP contribution in [0, 0.1) is 0 Å². The molecule has 5 nitrogen and oxygen atoms in total. The van der Waals surface area contributed by atoms with E-state index in [9.17, 15) is 0 Å². The van der Waals surface area contributed by atoms with Crippen molar-refractivity contribution in [2.24, 2.45) is 0 Å². The molecule has 0 unspecified atom stereocenters. The first-order chi connectivity index (χ1) is 11.2. The molecule has 1 atom stereocenters. The van der Waals surface area contributed by atoms with Gasteiger partial charge in [-0.3, -0.25) is 0 Å². The molecule has 4 rings (SSSR count). The van der Waals surface area contributed by atoms with Gasteiger partial charge in [-0.1, -0.05) is 30.3 Å². The molecule has 0 aliphatic carbocycles. The van der Waals surface area contributed by atoms with Crippen molar-refractivity contribution in [3.05, 3.63) is 48.7 Å². The molecule has 1 aromatic carbocycles. The lowest BCUT2D eigenvalue weighted by atomic mass is 10.1. The lowest BCUT2D eigenvalue weighted by Crippen LogP contribution is -2.32. The number of fused-ring (bicyclic) bond motifs is 1. The largest absolute Gasteiger partial charge is 0.355 e. The zero-order valence-corrected chi connectivity index (χ0v) is 13.6. The monoisotopic (exact) mass is 307 g/mol. The van der Waals surface area contributed by atoms with Gasteiger partial charge in [0.1, 0.15) is 5.82 Å². The molecule has 3 heterocycles. The predicted octanol–water partition coefficient (Wildman–Crippen LogP) is 2.54. The molecule has 2 aromatic heterocycles. The maximum atomic E-state index is 4.76. The Morgan fingerprint density at radius 3 is 2.70 bits per heavy atom. The summed E-state index contributed by atoms with van der Waals surface area (Å²) < 4.78 is 1.95. The molecule has 0 amide bonds. The van der Waals surface area contributed by atoms with Crippen molar-refractivity contribution in [2.45, 2.75) is 12.5 Å². The topological polar surface area (TPSA) is 36.7 Å². The van der Waals surface area contributed by atoms with Crippen LogP contribution in [0.2, 0.25) is 0 Å². The third-order valence-electron chi connectivity index (χ3n) is 4.63. The van der Waals surface area contributed by atoms with Crippen molar-refractivity contribution < 1.29 is 0 Å². The Balaban J connectivity index is 1.78. The summed E-state index contributed by atoms with van der Waals surface area (Å²) in [7, 11) is 4.30. The van der Waals surface area contributed by atoms with Crippen molar-refractivity contribution >= 4 is 11.5 Å². The fraction of sp³-hybridized carbons (Fsp3) is 0.333. The Labute approximate surface area is 136 Å². The summed E-state index contributed by atoms with van der Waals surface area (Å²) in [5, 5.41) is 4.47. The molecule has 0 bridgehead atoms. The summed E-state index contributed by atoms with van der Waals surface area (Å²) in [6, 6.07) is 15.1. The Hall–Kier alpha value is -2.40. The van der Waals surface area contributed by atoms with Gasteiger partial charge in [0.05, 0.1) is 11.9 Å². The number of nitrogens with zero attached hydrogens (tertiary/aromatic N) is 5. The molecular formula is C18H21N5. The van der Waals surface area contributed by atoms with Crippen molar-refractivity contribution in [1.82, 2.24) is 19.5 Å². The Morgan fingerprint density at radius 1 is 1.13 bits per heavy atom. The van der Waals surface area contributed by atoms with Gasteiger partial charge in [0.25, 0.3) is 0 Å². The summed E-state index contributed by atoms with van der Waals surface area (Å²) in [6.07, 6.45) is 3.00. The highest BCUT2D eigenvalue weighted by molar-refractivity contribution is 5.67. The predicted molar refractivity (Wildman–Crippen MR) is 92.7 cm³/mol. The van der Waals surface area contributed by atoms with Crippen LogP contribution in [0.15, 0.2) is 48.7 Å². The third kappa shape index (κ3) is 2.57. The minimum Gasteiger partial charge on any atom is -0.355 e. The SMILES string of the molecule is CN(C)[C@@H]1CCN(c2cc(-c3ccccc3)nc3ccnn23)C1. The van der Waals surface area contributed by atoms with Gasteiger partial charge in [-0.25, -0.2) is 4.98 Å². The molecule has 23 heavy (non-hydrogen) atoms. The highest BCUT2D eigenvalue weighted by Gasteiger charge is 2.26. The maximum absolute atomic E-state index is 4.76. The number of aromatic nitrogens is 3. The highest BCUT2D eigenvalue weighted by atomic mass is 15.4.